The lowest BCUT2D eigenvalue weighted by molar-refractivity contribution is -0.143. The van der Waals surface area contributed by atoms with Gasteiger partial charge in [0.15, 0.2) is 0 Å². The Balaban J connectivity index is 3.70. The molecule has 88 valence electrons. The number of amides is 1. The Bertz CT molecular complexity index is 219. The molecule has 0 bridgehead atoms. The summed E-state index contributed by atoms with van der Waals surface area (Å²) in [5.41, 5.74) is 0. The lowest BCUT2D eigenvalue weighted by Crippen LogP contribution is -2.33. The molecule has 5 heteroatoms. The zero-order valence-electron chi connectivity index (χ0n) is 9.38. The van der Waals surface area contributed by atoms with Gasteiger partial charge in [-0.15, -0.1) is 0 Å². The van der Waals surface area contributed by atoms with Gasteiger partial charge >= 0.3 is 5.97 Å². The maximum Gasteiger partial charge on any atom is 0.306 e. The lowest BCUT2D eigenvalue weighted by Gasteiger charge is -2.11. The van der Waals surface area contributed by atoms with Crippen molar-refractivity contribution in [3.63, 3.8) is 0 Å². The smallest absolute Gasteiger partial charge is 0.306 e. The number of hydrogen-bond donors (Lipinski definition) is 1. The van der Waals surface area contributed by atoms with E-state index >= 15 is 0 Å². The Morgan fingerprint density at radius 3 is 2.47 bits per heavy atom. The van der Waals surface area contributed by atoms with Crippen LogP contribution in [-0.4, -0.2) is 29.9 Å². The number of carbonyl (C=O) groups excluding carboxylic acids is 2. The fourth-order valence-electron chi connectivity index (χ4n) is 0.888. The first-order valence-corrected chi connectivity index (χ1v) is 5.96. The first kappa shape index (κ1) is 14.4. The predicted octanol–water partition coefficient (Wildman–Crippen LogP) is 1.48. The summed E-state index contributed by atoms with van der Waals surface area (Å²) >= 11 is 3.31. The minimum Gasteiger partial charge on any atom is -0.466 e. The standard InChI is InChI=1S/C10H18BrNO3/c1-4-15-9(13)5-8(11)6-12-10(14)7(2)3/h7-8H,4-6H2,1-3H3,(H,12,14). The molecular weight excluding hydrogens is 262 g/mol. The topological polar surface area (TPSA) is 55.4 Å². The zero-order chi connectivity index (χ0) is 11.8. The second kappa shape index (κ2) is 7.68. The maximum atomic E-state index is 11.2. The highest BCUT2D eigenvalue weighted by Gasteiger charge is 2.13. The molecule has 0 saturated carbocycles. The van der Waals surface area contributed by atoms with Gasteiger partial charge in [0, 0.05) is 17.3 Å². The van der Waals surface area contributed by atoms with E-state index in [1.807, 2.05) is 13.8 Å². The van der Waals surface area contributed by atoms with Crippen LogP contribution in [0, 0.1) is 5.92 Å². The first-order valence-electron chi connectivity index (χ1n) is 5.04. The van der Waals surface area contributed by atoms with Crippen molar-refractivity contribution in [2.45, 2.75) is 32.0 Å². The van der Waals surface area contributed by atoms with Crippen LogP contribution in [0.4, 0.5) is 0 Å². The molecule has 0 saturated heterocycles. The van der Waals surface area contributed by atoms with E-state index in [0.717, 1.165) is 0 Å². The molecule has 0 aliphatic heterocycles. The number of ether oxygens (including phenoxy) is 1. The SMILES string of the molecule is CCOC(=O)CC(Br)CNC(=O)C(C)C. The van der Waals surface area contributed by atoms with Crippen LogP contribution < -0.4 is 5.32 Å². The third-order valence-corrected chi connectivity index (χ3v) is 2.36. The van der Waals surface area contributed by atoms with E-state index in [1.54, 1.807) is 6.92 Å². The molecule has 1 unspecified atom stereocenters. The first-order chi connectivity index (χ1) is 6.97. The second-order valence-electron chi connectivity index (χ2n) is 3.51. The Labute approximate surface area is 98.9 Å². The van der Waals surface area contributed by atoms with Crippen molar-refractivity contribution in [2.75, 3.05) is 13.2 Å². The number of alkyl halides is 1. The van der Waals surface area contributed by atoms with Crippen LogP contribution in [0.1, 0.15) is 27.2 Å². The highest BCUT2D eigenvalue weighted by Crippen LogP contribution is 2.05. The van der Waals surface area contributed by atoms with Gasteiger partial charge in [-0.05, 0) is 6.92 Å². The maximum absolute atomic E-state index is 11.2. The van der Waals surface area contributed by atoms with Gasteiger partial charge in [-0.2, -0.15) is 0 Å². The zero-order valence-corrected chi connectivity index (χ0v) is 11.0. The summed E-state index contributed by atoms with van der Waals surface area (Å²) < 4.78 is 4.79. The van der Waals surface area contributed by atoms with Crippen molar-refractivity contribution in [1.82, 2.24) is 5.32 Å². The molecule has 1 N–H and O–H groups in total. The van der Waals surface area contributed by atoms with Gasteiger partial charge in [0.05, 0.1) is 13.0 Å². The molecule has 0 heterocycles. The molecule has 15 heavy (non-hydrogen) atoms. The fourth-order valence-corrected chi connectivity index (χ4v) is 1.31. The van der Waals surface area contributed by atoms with E-state index in [2.05, 4.69) is 21.2 Å². The summed E-state index contributed by atoms with van der Waals surface area (Å²) in [6, 6.07) is 0. The number of halogens is 1. The van der Waals surface area contributed by atoms with Crippen molar-refractivity contribution in [1.29, 1.82) is 0 Å². The number of carbonyl (C=O) groups is 2. The third kappa shape index (κ3) is 7.36. The van der Waals surface area contributed by atoms with Crippen LogP contribution >= 0.6 is 15.9 Å². The van der Waals surface area contributed by atoms with Crippen LogP contribution in [0.3, 0.4) is 0 Å². The lowest BCUT2D eigenvalue weighted by atomic mass is 10.2. The van der Waals surface area contributed by atoms with Gasteiger partial charge < -0.3 is 10.1 Å². The van der Waals surface area contributed by atoms with Gasteiger partial charge in [-0.25, -0.2) is 0 Å². The van der Waals surface area contributed by atoms with E-state index in [9.17, 15) is 9.59 Å². The van der Waals surface area contributed by atoms with Crippen molar-refractivity contribution in [3.05, 3.63) is 0 Å². The largest absolute Gasteiger partial charge is 0.466 e. The van der Waals surface area contributed by atoms with E-state index in [-0.39, 0.29) is 29.0 Å². The van der Waals surface area contributed by atoms with E-state index in [1.165, 1.54) is 0 Å². The predicted molar refractivity (Wildman–Crippen MR) is 61.8 cm³/mol. The summed E-state index contributed by atoms with van der Waals surface area (Å²) in [5.74, 6) is -0.297. The van der Waals surface area contributed by atoms with Gasteiger partial charge in [-0.3, -0.25) is 9.59 Å². The molecule has 0 radical (unpaired) electrons. The molecule has 1 atom stereocenters. The molecule has 0 aromatic heterocycles. The van der Waals surface area contributed by atoms with Crippen LogP contribution in [0.15, 0.2) is 0 Å². The quantitative estimate of drug-likeness (QED) is 0.592. The Morgan fingerprint density at radius 2 is 2.00 bits per heavy atom. The second-order valence-corrected chi connectivity index (χ2v) is 4.80. The van der Waals surface area contributed by atoms with Gasteiger partial charge in [0.1, 0.15) is 0 Å². The van der Waals surface area contributed by atoms with Gasteiger partial charge in [0.2, 0.25) is 5.91 Å². The highest BCUT2D eigenvalue weighted by molar-refractivity contribution is 9.09. The monoisotopic (exact) mass is 279 g/mol. The van der Waals surface area contributed by atoms with Crippen molar-refractivity contribution < 1.29 is 14.3 Å². The van der Waals surface area contributed by atoms with E-state index in [4.69, 9.17) is 4.74 Å². The molecule has 0 rings (SSSR count). The normalized spacial score (nSPS) is 12.3. The van der Waals surface area contributed by atoms with Crippen molar-refractivity contribution in [2.24, 2.45) is 5.92 Å². The average Bonchev–Trinajstić information content (AvgIpc) is 2.14. The minimum absolute atomic E-state index is 0.0108. The molecule has 0 spiro atoms. The average molecular weight is 280 g/mol. The van der Waals surface area contributed by atoms with Crippen LogP contribution in [-0.2, 0) is 14.3 Å². The van der Waals surface area contributed by atoms with Crippen LogP contribution in [0.25, 0.3) is 0 Å². The molecule has 0 aliphatic rings. The molecule has 1 amide bonds. The molecule has 0 fully saturated rings. The fraction of sp³-hybridized carbons (Fsp3) is 0.800. The molecule has 0 aromatic carbocycles. The molecule has 0 aliphatic carbocycles. The van der Waals surface area contributed by atoms with Gasteiger partial charge in [0.25, 0.3) is 0 Å². The van der Waals surface area contributed by atoms with Crippen LogP contribution in [0.2, 0.25) is 0 Å². The summed E-state index contributed by atoms with van der Waals surface area (Å²) in [5, 5.41) is 2.74. The summed E-state index contributed by atoms with van der Waals surface area (Å²) in [6.07, 6.45) is 0.270. The third-order valence-electron chi connectivity index (χ3n) is 1.72. The summed E-state index contributed by atoms with van der Waals surface area (Å²) in [4.78, 5) is 22.2. The van der Waals surface area contributed by atoms with Crippen LogP contribution in [0.5, 0.6) is 0 Å². The van der Waals surface area contributed by atoms with Gasteiger partial charge in [-0.1, -0.05) is 29.8 Å². The van der Waals surface area contributed by atoms with Crippen molar-refractivity contribution >= 4 is 27.8 Å². The molecular formula is C10H18BrNO3. The number of nitrogens with one attached hydrogen (secondary N) is 1. The number of hydrogen-bond acceptors (Lipinski definition) is 3. The summed E-state index contributed by atoms with van der Waals surface area (Å²) in [7, 11) is 0. The highest BCUT2D eigenvalue weighted by atomic mass is 79.9. The van der Waals surface area contributed by atoms with E-state index in [0.29, 0.717) is 13.2 Å². The minimum atomic E-state index is -0.252. The number of rotatable bonds is 6. The molecule has 0 aromatic rings. The Hall–Kier alpha value is -0.580. The Morgan fingerprint density at radius 1 is 1.40 bits per heavy atom. The molecule has 4 nitrogen and oxygen atoms in total. The summed E-state index contributed by atoms with van der Waals surface area (Å²) in [6.45, 7) is 6.24. The van der Waals surface area contributed by atoms with E-state index < -0.39 is 0 Å². The Kier molecular flexibility index (Phi) is 7.38. The van der Waals surface area contributed by atoms with Crippen molar-refractivity contribution in [3.8, 4) is 0 Å². The number of esters is 1.